The van der Waals surface area contributed by atoms with Gasteiger partial charge in [-0.15, -0.1) is 0 Å². The van der Waals surface area contributed by atoms with Gasteiger partial charge in [0.15, 0.2) is 0 Å². The SMILES string of the molecule is CC(CCc1ccccc1)NC(=O)C1CCN(S(=O)(=O)Cc2ccc(F)cc2)CC1. The standard InChI is InChI=1S/C23H29FN2O3S/c1-18(7-8-19-5-3-2-4-6-19)25-23(27)21-13-15-26(16-14-21)30(28,29)17-20-9-11-22(24)12-10-20/h2-6,9-12,18,21H,7-8,13-17H2,1H3,(H,25,27). The fourth-order valence-corrected chi connectivity index (χ4v) is 5.30. The van der Waals surface area contributed by atoms with Crippen LogP contribution in [0.3, 0.4) is 0 Å². The molecule has 1 N–H and O–H groups in total. The summed E-state index contributed by atoms with van der Waals surface area (Å²) in [6, 6.07) is 15.7. The summed E-state index contributed by atoms with van der Waals surface area (Å²) in [6.45, 7) is 2.67. The van der Waals surface area contributed by atoms with E-state index >= 15 is 0 Å². The van der Waals surface area contributed by atoms with Crippen LogP contribution in [0.5, 0.6) is 0 Å². The van der Waals surface area contributed by atoms with Gasteiger partial charge in [0.2, 0.25) is 15.9 Å². The highest BCUT2D eigenvalue weighted by atomic mass is 32.2. The average Bonchev–Trinajstić information content (AvgIpc) is 2.74. The molecule has 0 aliphatic carbocycles. The molecule has 2 aromatic carbocycles. The number of rotatable bonds is 8. The summed E-state index contributed by atoms with van der Waals surface area (Å²) < 4.78 is 39.8. The second-order valence-corrected chi connectivity index (χ2v) is 9.96. The molecule has 1 heterocycles. The molecule has 1 aliphatic heterocycles. The van der Waals surface area contributed by atoms with Gasteiger partial charge in [0.25, 0.3) is 0 Å². The van der Waals surface area contributed by atoms with Crippen molar-refractivity contribution in [3.8, 4) is 0 Å². The Bertz CT molecular complexity index is 925. The second-order valence-electron chi connectivity index (χ2n) is 7.99. The Morgan fingerprint density at radius 1 is 1.07 bits per heavy atom. The molecular formula is C23H29FN2O3S. The third-order valence-corrected chi connectivity index (χ3v) is 7.43. The van der Waals surface area contributed by atoms with Gasteiger partial charge in [0.05, 0.1) is 5.75 Å². The van der Waals surface area contributed by atoms with E-state index in [2.05, 4.69) is 17.4 Å². The Kier molecular flexibility index (Phi) is 7.61. The largest absolute Gasteiger partial charge is 0.353 e. The van der Waals surface area contributed by atoms with E-state index in [9.17, 15) is 17.6 Å². The molecule has 1 aliphatic rings. The van der Waals surface area contributed by atoms with Gasteiger partial charge >= 0.3 is 0 Å². The summed E-state index contributed by atoms with van der Waals surface area (Å²) in [5.74, 6) is -0.700. The molecule has 0 bridgehead atoms. The van der Waals surface area contributed by atoms with Crippen molar-refractivity contribution in [2.24, 2.45) is 5.92 Å². The first kappa shape index (κ1) is 22.4. The van der Waals surface area contributed by atoms with Crippen LogP contribution in [0.2, 0.25) is 0 Å². The zero-order chi connectivity index (χ0) is 21.6. The molecule has 162 valence electrons. The molecular weight excluding hydrogens is 403 g/mol. The summed E-state index contributed by atoms with van der Waals surface area (Å²) in [5.41, 5.74) is 1.81. The third-order valence-electron chi connectivity index (χ3n) is 5.58. The van der Waals surface area contributed by atoms with Crippen molar-refractivity contribution >= 4 is 15.9 Å². The van der Waals surface area contributed by atoms with E-state index in [1.54, 1.807) is 0 Å². The number of halogens is 1. The Balaban J connectivity index is 1.44. The number of nitrogens with one attached hydrogen (secondary N) is 1. The Morgan fingerprint density at radius 2 is 1.70 bits per heavy atom. The van der Waals surface area contributed by atoms with Crippen LogP contribution in [0.4, 0.5) is 4.39 Å². The van der Waals surface area contributed by atoms with Crippen LogP contribution < -0.4 is 5.32 Å². The van der Waals surface area contributed by atoms with Crippen LogP contribution in [-0.4, -0.2) is 37.8 Å². The van der Waals surface area contributed by atoms with Gasteiger partial charge in [-0.05, 0) is 55.9 Å². The topological polar surface area (TPSA) is 66.5 Å². The fourth-order valence-electron chi connectivity index (χ4n) is 3.74. The van der Waals surface area contributed by atoms with Crippen molar-refractivity contribution in [1.82, 2.24) is 9.62 Å². The molecule has 1 unspecified atom stereocenters. The summed E-state index contributed by atoms with van der Waals surface area (Å²) in [4.78, 5) is 12.6. The third kappa shape index (κ3) is 6.37. The number of carbonyl (C=O) groups is 1. The molecule has 0 spiro atoms. The summed E-state index contributed by atoms with van der Waals surface area (Å²) >= 11 is 0. The smallest absolute Gasteiger partial charge is 0.223 e. The number of aryl methyl sites for hydroxylation is 1. The lowest BCUT2D eigenvalue weighted by molar-refractivity contribution is -0.126. The summed E-state index contributed by atoms with van der Waals surface area (Å²) in [7, 11) is -3.48. The van der Waals surface area contributed by atoms with Gasteiger partial charge in [-0.1, -0.05) is 42.5 Å². The molecule has 30 heavy (non-hydrogen) atoms. The molecule has 5 nitrogen and oxygen atoms in total. The maximum Gasteiger partial charge on any atom is 0.223 e. The monoisotopic (exact) mass is 432 g/mol. The number of nitrogens with zero attached hydrogens (tertiary/aromatic N) is 1. The van der Waals surface area contributed by atoms with E-state index in [1.165, 1.54) is 34.1 Å². The van der Waals surface area contributed by atoms with Crippen LogP contribution in [-0.2, 0) is 27.0 Å². The number of carbonyl (C=O) groups excluding carboxylic acids is 1. The maximum absolute atomic E-state index is 13.0. The van der Waals surface area contributed by atoms with Crippen molar-refractivity contribution in [2.75, 3.05) is 13.1 Å². The predicted octanol–water partition coefficient (Wildman–Crippen LogP) is 3.51. The molecule has 0 radical (unpaired) electrons. The number of piperidine rings is 1. The zero-order valence-electron chi connectivity index (χ0n) is 17.3. The molecule has 1 atom stereocenters. The quantitative estimate of drug-likeness (QED) is 0.694. The molecule has 2 aromatic rings. The fraction of sp³-hybridized carbons (Fsp3) is 0.435. The van der Waals surface area contributed by atoms with Gasteiger partial charge < -0.3 is 5.32 Å². The maximum atomic E-state index is 13.0. The molecule has 1 fully saturated rings. The highest BCUT2D eigenvalue weighted by molar-refractivity contribution is 7.88. The van der Waals surface area contributed by atoms with Gasteiger partial charge in [0, 0.05) is 25.0 Å². The zero-order valence-corrected chi connectivity index (χ0v) is 18.1. The molecule has 3 rings (SSSR count). The number of hydrogen-bond donors (Lipinski definition) is 1. The van der Waals surface area contributed by atoms with Crippen molar-refractivity contribution in [3.63, 3.8) is 0 Å². The Hall–Kier alpha value is -2.25. The van der Waals surface area contributed by atoms with Crippen LogP contribution in [0, 0.1) is 11.7 Å². The number of benzene rings is 2. The minimum absolute atomic E-state index is 0.00569. The molecule has 1 amide bonds. The average molecular weight is 433 g/mol. The summed E-state index contributed by atoms with van der Waals surface area (Å²) in [5, 5.41) is 3.08. The lowest BCUT2D eigenvalue weighted by Crippen LogP contribution is -2.45. The van der Waals surface area contributed by atoms with E-state index in [0.717, 1.165) is 12.8 Å². The Morgan fingerprint density at radius 3 is 2.33 bits per heavy atom. The minimum Gasteiger partial charge on any atom is -0.353 e. The number of amides is 1. The van der Waals surface area contributed by atoms with Crippen LogP contribution in [0.15, 0.2) is 54.6 Å². The van der Waals surface area contributed by atoms with Crippen molar-refractivity contribution in [3.05, 3.63) is 71.5 Å². The number of hydrogen-bond acceptors (Lipinski definition) is 3. The van der Waals surface area contributed by atoms with Crippen molar-refractivity contribution in [1.29, 1.82) is 0 Å². The van der Waals surface area contributed by atoms with Crippen LogP contribution in [0.25, 0.3) is 0 Å². The Labute approximate surface area is 178 Å². The highest BCUT2D eigenvalue weighted by Gasteiger charge is 2.31. The highest BCUT2D eigenvalue weighted by Crippen LogP contribution is 2.22. The van der Waals surface area contributed by atoms with E-state index in [1.807, 2.05) is 25.1 Å². The van der Waals surface area contributed by atoms with E-state index < -0.39 is 10.0 Å². The first-order valence-corrected chi connectivity index (χ1v) is 12.0. The first-order valence-electron chi connectivity index (χ1n) is 10.4. The van der Waals surface area contributed by atoms with Crippen molar-refractivity contribution < 1.29 is 17.6 Å². The molecule has 7 heteroatoms. The predicted molar refractivity (Wildman–Crippen MR) is 116 cm³/mol. The van der Waals surface area contributed by atoms with Crippen LogP contribution >= 0.6 is 0 Å². The lowest BCUT2D eigenvalue weighted by atomic mass is 9.96. The lowest BCUT2D eigenvalue weighted by Gasteiger charge is -2.31. The minimum atomic E-state index is -3.48. The summed E-state index contributed by atoms with van der Waals surface area (Å²) in [6.07, 6.45) is 2.79. The van der Waals surface area contributed by atoms with Gasteiger partial charge in [-0.2, -0.15) is 0 Å². The normalized spacial score (nSPS) is 16.9. The van der Waals surface area contributed by atoms with E-state index in [4.69, 9.17) is 0 Å². The molecule has 1 saturated heterocycles. The van der Waals surface area contributed by atoms with Gasteiger partial charge in [-0.25, -0.2) is 17.1 Å². The van der Waals surface area contributed by atoms with Gasteiger partial charge in [-0.3, -0.25) is 4.79 Å². The number of sulfonamides is 1. The van der Waals surface area contributed by atoms with E-state index in [-0.39, 0.29) is 29.4 Å². The van der Waals surface area contributed by atoms with Crippen molar-refractivity contribution in [2.45, 2.75) is 44.4 Å². The van der Waals surface area contributed by atoms with Gasteiger partial charge in [0.1, 0.15) is 5.82 Å². The molecule has 0 aromatic heterocycles. The van der Waals surface area contributed by atoms with Crippen LogP contribution in [0.1, 0.15) is 37.3 Å². The second kappa shape index (κ2) is 10.2. The first-order chi connectivity index (χ1) is 14.3. The molecule has 0 saturated carbocycles. The van der Waals surface area contributed by atoms with E-state index in [0.29, 0.717) is 31.5 Å².